The number of carbonyl (C=O) groups is 2. The molecular formula is C50H100N2O6. The molecule has 0 bridgehead atoms. The first-order chi connectivity index (χ1) is 28.4. The summed E-state index contributed by atoms with van der Waals surface area (Å²) in [6.07, 6.45) is 38.6. The van der Waals surface area contributed by atoms with Gasteiger partial charge in [-0.15, -0.1) is 0 Å². The van der Waals surface area contributed by atoms with Crippen LogP contribution in [0.4, 0.5) is 0 Å². The summed E-state index contributed by atoms with van der Waals surface area (Å²) in [5, 5.41) is 0. The van der Waals surface area contributed by atoms with Gasteiger partial charge < -0.3 is 28.7 Å². The van der Waals surface area contributed by atoms with E-state index >= 15 is 0 Å². The quantitative estimate of drug-likeness (QED) is 0.0443. The topological polar surface area (TPSA) is 77.5 Å². The van der Waals surface area contributed by atoms with E-state index in [9.17, 15) is 9.59 Å². The molecule has 0 aliphatic heterocycles. The zero-order valence-electron chi connectivity index (χ0n) is 39.6. The van der Waals surface area contributed by atoms with E-state index < -0.39 is 0 Å². The fourth-order valence-corrected chi connectivity index (χ4v) is 7.50. The van der Waals surface area contributed by atoms with E-state index in [1.807, 2.05) is 0 Å². The van der Waals surface area contributed by atoms with Gasteiger partial charge in [0.1, 0.15) is 6.10 Å². The molecule has 346 valence electrons. The zero-order valence-corrected chi connectivity index (χ0v) is 39.6. The molecule has 0 saturated heterocycles. The highest BCUT2D eigenvalue weighted by atomic mass is 16.5. The molecule has 8 heteroatoms. The molecule has 0 amide bonds. The highest BCUT2D eigenvalue weighted by Gasteiger charge is 2.14. The summed E-state index contributed by atoms with van der Waals surface area (Å²) in [6.45, 7) is 14.0. The second-order valence-electron chi connectivity index (χ2n) is 17.5. The SMILES string of the molecule is CCCCCCCCCCCOC(=O)CCCCCN(CCCCCCCC(=O)OC(CCCCCCCC)CCCCCCCC)CCOCCOCCN(C)C. The van der Waals surface area contributed by atoms with Gasteiger partial charge >= 0.3 is 11.9 Å². The maximum atomic E-state index is 12.8. The molecule has 0 fully saturated rings. The van der Waals surface area contributed by atoms with Crippen molar-refractivity contribution in [3.8, 4) is 0 Å². The first-order valence-corrected chi connectivity index (χ1v) is 25.3. The van der Waals surface area contributed by atoms with E-state index in [1.165, 1.54) is 128 Å². The lowest BCUT2D eigenvalue weighted by atomic mass is 10.0. The van der Waals surface area contributed by atoms with E-state index in [4.69, 9.17) is 18.9 Å². The number of likely N-dealkylation sites (N-methyl/N-ethyl adjacent to an activating group) is 1. The van der Waals surface area contributed by atoms with Gasteiger partial charge in [0.05, 0.1) is 33.0 Å². The van der Waals surface area contributed by atoms with E-state index in [-0.39, 0.29) is 18.0 Å². The summed E-state index contributed by atoms with van der Waals surface area (Å²) < 4.78 is 23.2. The molecule has 0 N–H and O–H groups in total. The average Bonchev–Trinajstić information content (AvgIpc) is 3.21. The van der Waals surface area contributed by atoms with E-state index in [0.717, 1.165) is 103 Å². The molecule has 0 radical (unpaired) electrons. The number of rotatable bonds is 48. The smallest absolute Gasteiger partial charge is 0.306 e. The number of unbranched alkanes of at least 4 members (excludes halogenated alkanes) is 24. The van der Waals surface area contributed by atoms with Crippen LogP contribution >= 0.6 is 0 Å². The van der Waals surface area contributed by atoms with Crippen molar-refractivity contribution in [3.05, 3.63) is 0 Å². The predicted octanol–water partition coefficient (Wildman–Crippen LogP) is 13.3. The highest BCUT2D eigenvalue weighted by molar-refractivity contribution is 5.69. The van der Waals surface area contributed by atoms with Crippen molar-refractivity contribution in [1.29, 1.82) is 0 Å². The number of hydrogen-bond acceptors (Lipinski definition) is 8. The fraction of sp³-hybridized carbons (Fsp3) is 0.960. The fourth-order valence-electron chi connectivity index (χ4n) is 7.50. The third-order valence-corrected chi connectivity index (χ3v) is 11.4. The van der Waals surface area contributed by atoms with Gasteiger partial charge in [-0.1, -0.05) is 162 Å². The Morgan fingerprint density at radius 1 is 0.397 bits per heavy atom. The lowest BCUT2D eigenvalue weighted by molar-refractivity contribution is -0.150. The Hall–Kier alpha value is -1.22. The number of ether oxygens (including phenoxy) is 4. The summed E-state index contributed by atoms with van der Waals surface area (Å²) in [5.74, 6) is -0.0182. The number of nitrogens with zero attached hydrogens (tertiary/aromatic N) is 2. The zero-order chi connectivity index (χ0) is 42.4. The van der Waals surface area contributed by atoms with Crippen LogP contribution in [0.15, 0.2) is 0 Å². The van der Waals surface area contributed by atoms with Gasteiger partial charge in [0.2, 0.25) is 0 Å². The molecule has 0 aromatic heterocycles. The van der Waals surface area contributed by atoms with Crippen molar-refractivity contribution in [3.63, 3.8) is 0 Å². The van der Waals surface area contributed by atoms with Crippen molar-refractivity contribution >= 4 is 11.9 Å². The monoisotopic (exact) mass is 825 g/mol. The van der Waals surface area contributed by atoms with Gasteiger partial charge in [0, 0.05) is 25.9 Å². The van der Waals surface area contributed by atoms with Crippen molar-refractivity contribution in [2.24, 2.45) is 0 Å². The first kappa shape index (κ1) is 56.8. The number of esters is 2. The standard InChI is InChI=1S/C50H100N2O6/c1-6-9-12-15-18-19-20-26-34-43-57-49(53)37-31-27-33-40-52(42-45-56-47-46-55-44-41-51(4)5)39-32-25-21-24-30-38-50(54)58-48(35-28-22-16-13-10-7-2)36-29-23-17-14-11-8-3/h48H,6-47H2,1-5H3. The Bertz CT molecular complexity index is 827. The van der Waals surface area contributed by atoms with Crippen LogP contribution in [0.3, 0.4) is 0 Å². The summed E-state index contributed by atoms with van der Waals surface area (Å²) in [6, 6.07) is 0. The molecular weight excluding hydrogens is 725 g/mol. The largest absolute Gasteiger partial charge is 0.466 e. The molecule has 0 unspecified atom stereocenters. The molecule has 0 aliphatic rings. The summed E-state index contributed by atoms with van der Waals surface area (Å²) in [4.78, 5) is 29.8. The van der Waals surface area contributed by atoms with Crippen LogP contribution in [0.5, 0.6) is 0 Å². The van der Waals surface area contributed by atoms with Crippen molar-refractivity contribution in [2.45, 2.75) is 239 Å². The Morgan fingerprint density at radius 2 is 0.793 bits per heavy atom. The van der Waals surface area contributed by atoms with Gasteiger partial charge in [0.25, 0.3) is 0 Å². The Balaban J connectivity index is 4.39. The van der Waals surface area contributed by atoms with Crippen LogP contribution in [0.2, 0.25) is 0 Å². The molecule has 8 nitrogen and oxygen atoms in total. The second-order valence-corrected chi connectivity index (χ2v) is 17.5. The molecule has 58 heavy (non-hydrogen) atoms. The van der Waals surface area contributed by atoms with Gasteiger partial charge in [-0.3, -0.25) is 9.59 Å². The molecule has 0 aliphatic carbocycles. The normalized spacial score (nSPS) is 11.7. The molecule has 0 rings (SSSR count). The molecule has 0 aromatic carbocycles. The van der Waals surface area contributed by atoms with E-state index in [1.54, 1.807) is 0 Å². The molecule has 0 heterocycles. The highest BCUT2D eigenvalue weighted by Crippen LogP contribution is 2.18. The minimum atomic E-state index is -0.0352. The Kier molecular flexibility index (Phi) is 45.9. The Morgan fingerprint density at radius 3 is 1.29 bits per heavy atom. The summed E-state index contributed by atoms with van der Waals surface area (Å²) in [7, 11) is 4.11. The van der Waals surface area contributed by atoms with E-state index in [2.05, 4.69) is 44.7 Å². The average molecular weight is 825 g/mol. The van der Waals surface area contributed by atoms with Gasteiger partial charge in [-0.2, -0.15) is 0 Å². The number of carbonyl (C=O) groups excluding carboxylic acids is 2. The molecule has 0 spiro atoms. The second kappa shape index (κ2) is 46.8. The van der Waals surface area contributed by atoms with Crippen molar-refractivity contribution < 1.29 is 28.5 Å². The van der Waals surface area contributed by atoms with Gasteiger partial charge in [0.15, 0.2) is 0 Å². The Labute approximate surface area is 361 Å². The van der Waals surface area contributed by atoms with Crippen molar-refractivity contribution in [2.75, 3.05) is 73.3 Å². The van der Waals surface area contributed by atoms with E-state index in [0.29, 0.717) is 39.3 Å². The lowest BCUT2D eigenvalue weighted by Gasteiger charge is -2.22. The number of hydrogen-bond donors (Lipinski definition) is 0. The molecule has 0 atom stereocenters. The third kappa shape index (κ3) is 44.3. The minimum Gasteiger partial charge on any atom is -0.466 e. The summed E-state index contributed by atoms with van der Waals surface area (Å²) in [5.41, 5.74) is 0. The van der Waals surface area contributed by atoms with Crippen LogP contribution in [0.25, 0.3) is 0 Å². The van der Waals surface area contributed by atoms with Crippen molar-refractivity contribution in [1.82, 2.24) is 9.80 Å². The molecule has 0 aromatic rings. The first-order valence-electron chi connectivity index (χ1n) is 25.3. The lowest BCUT2D eigenvalue weighted by Crippen LogP contribution is -2.30. The molecule has 0 saturated carbocycles. The maximum absolute atomic E-state index is 12.8. The van der Waals surface area contributed by atoms with Crippen LogP contribution < -0.4 is 0 Å². The van der Waals surface area contributed by atoms with Gasteiger partial charge in [-0.05, 0) is 85.0 Å². The minimum absolute atomic E-state index is 0.0169. The van der Waals surface area contributed by atoms with Crippen LogP contribution in [0, 0.1) is 0 Å². The van der Waals surface area contributed by atoms with Gasteiger partial charge in [-0.25, -0.2) is 0 Å². The van der Waals surface area contributed by atoms with Crippen LogP contribution in [0.1, 0.15) is 233 Å². The maximum Gasteiger partial charge on any atom is 0.306 e. The van der Waals surface area contributed by atoms with Crippen LogP contribution in [-0.4, -0.2) is 101 Å². The summed E-state index contributed by atoms with van der Waals surface area (Å²) >= 11 is 0. The van der Waals surface area contributed by atoms with Crippen LogP contribution in [-0.2, 0) is 28.5 Å². The third-order valence-electron chi connectivity index (χ3n) is 11.4. The predicted molar refractivity (Wildman–Crippen MR) is 247 cm³/mol.